The largest absolute Gasteiger partial charge is 0.339 e. The molecule has 0 saturated carbocycles. The van der Waals surface area contributed by atoms with Crippen molar-refractivity contribution in [3.63, 3.8) is 0 Å². The van der Waals surface area contributed by atoms with Gasteiger partial charge in [0, 0.05) is 43.5 Å². The molecular formula is C15H28Cl2N4OS. The van der Waals surface area contributed by atoms with Crippen LogP contribution in [0, 0.1) is 0 Å². The SMILES string of the molecule is C[C@@H](N)C(=O)N1CCN(Cc2csc(C(C)(C)C)n2)CC1.Cl.Cl. The fourth-order valence-electron chi connectivity index (χ4n) is 2.37. The van der Waals surface area contributed by atoms with Gasteiger partial charge in [0.25, 0.3) is 0 Å². The molecular weight excluding hydrogens is 355 g/mol. The molecule has 1 aliphatic heterocycles. The molecule has 0 unspecified atom stereocenters. The van der Waals surface area contributed by atoms with Gasteiger partial charge >= 0.3 is 0 Å². The standard InChI is InChI=1S/C15H26N4OS.2ClH/c1-11(16)13(20)19-7-5-18(6-8-19)9-12-10-21-14(17-12)15(2,3)4;;/h10-11H,5-9,16H2,1-4H3;2*1H/t11-;;/m1../s1. The summed E-state index contributed by atoms with van der Waals surface area (Å²) < 4.78 is 0. The first-order chi connectivity index (χ1) is 9.77. The minimum Gasteiger partial charge on any atom is -0.339 e. The van der Waals surface area contributed by atoms with Gasteiger partial charge in [-0.15, -0.1) is 36.2 Å². The fourth-order valence-corrected chi connectivity index (χ4v) is 3.27. The van der Waals surface area contributed by atoms with Crippen LogP contribution in [0.1, 0.15) is 38.4 Å². The minimum absolute atomic E-state index is 0. The van der Waals surface area contributed by atoms with Crippen LogP contribution in [0.3, 0.4) is 0 Å². The lowest BCUT2D eigenvalue weighted by molar-refractivity contribution is -0.134. The van der Waals surface area contributed by atoms with Crippen molar-refractivity contribution >= 4 is 42.1 Å². The Balaban J connectivity index is 0.00000242. The summed E-state index contributed by atoms with van der Waals surface area (Å²) >= 11 is 1.74. The Morgan fingerprint density at radius 2 is 1.87 bits per heavy atom. The highest BCUT2D eigenvalue weighted by atomic mass is 35.5. The van der Waals surface area contributed by atoms with E-state index in [0.29, 0.717) is 0 Å². The second kappa shape index (κ2) is 9.18. The quantitative estimate of drug-likeness (QED) is 0.870. The molecule has 0 bridgehead atoms. The molecule has 1 aromatic rings. The second-order valence-electron chi connectivity index (χ2n) is 6.78. The Bertz CT molecular complexity index is 494. The molecule has 0 spiro atoms. The van der Waals surface area contributed by atoms with Crippen LogP contribution in [0.2, 0.25) is 0 Å². The molecule has 1 aliphatic rings. The smallest absolute Gasteiger partial charge is 0.239 e. The summed E-state index contributed by atoms with van der Waals surface area (Å²) in [6, 6.07) is -0.399. The van der Waals surface area contributed by atoms with Crippen molar-refractivity contribution in [3.05, 3.63) is 16.1 Å². The van der Waals surface area contributed by atoms with Crippen LogP contribution >= 0.6 is 36.2 Å². The van der Waals surface area contributed by atoms with Gasteiger partial charge in [0.05, 0.1) is 16.7 Å². The van der Waals surface area contributed by atoms with Gasteiger partial charge in [-0.25, -0.2) is 4.98 Å². The van der Waals surface area contributed by atoms with Gasteiger partial charge in [-0.05, 0) is 6.92 Å². The number of thiazole rings is 1. The van der Waals surface area contributed by atoms with E-state index in [9.17, 15) is 4.79 Å². The Morgan fingerprint density at radius 3 is 2.30 bits per heavy atom. The number of amides is 1. The lowest BCUT2D eigenvalue weighted by Gasteiger charge is -2.35. The molecule has 5 nitrogen and oxygen atoms in total. The lowest BCUT2D eigenvalue weighted by Crippen LogP contribution is -2.52. The van der Waals surface area contributed by atoms with E-state index in [-0.39, 0.29) is 36.1 Å². The van der Waals surface area contributed by atoms with Crippen molar-refractivity contribution in [2.75, 3.05) is 26.2 Å². The first-order valence-corrected chi connectivity index (χ1v) is 8.37. The van der Waals surface area contributed by atoms with E-state index in [1.807, 2.05) is 4.90 Å². The Kier molecular flexibility index (Phi) is 9.02. The van der Waals surface area contributed by atoms with Gasteiger partial charge in [0.15, 0.2) is 0 Å². The van der Waals surface area contributed by atoms with Crippen molar-refractivity contribution in [1.82, 2.24) is 14.8 Å². The Morgan fingerprint density at radius 1 is 1.30 bits per heavy atom. The predicted molar refractivity (Wildman–Crippen MR) is 101 cm³/mol. The summed E-state index contributed by atoms with van der Waals surface area (Å²) in [5.41, 5.74) is 6.91. The van der Waals surface area contributed by atoms with E-state index in [0.717, 1.165) is 38.4 Å². The summed E-state index contributed by atoms with van der Waals surface area (Å²) in [5.74, 6) is 0.0540. The number of nitrogens with two attached hydrogens (primary N) is 1. The maximum absolute atomic E-state index is 11.8. The first-order valence-electron chi connectivity index (χ1n) is 7.49. The molecule has 2 rings (SSSR count). The molecule has 0 aromatic carbocycles. The van der Waals surface area contributed by atoms with Crippen LogP contribution in [-0.4, -0.2) is 52.9 Å². The molecule has 0 aliphatic carbocycles. The van der Waals surface area contributed by atoms with Crippen LogP contribution in [-0.2, 0) is 16.8 Å². The molecule has 2 N–H and O–H groups in total. The van der Waals surface area contributed by atoms with E-state index in [2.05, 4.69) is 31.1 Å². The van der Waals surface area contributed by atoms with Gasteiger partial charge in [0.2, 0.25) is 5.91 Å². The monoisotopic (exact) mass is 382 g/mol. The summed E-state index contributed by atoms with van der Waals surface area (Å²) in [7, 11) is 0. The normalized spacial score (nSPS) is 17.2. The molecule has 134 valence electrons. The average molecular weight is 383 g/mol. The Labute approximate surface area is 155 Å². The number of carbonyl (C=O) groups is 1. The fraction of sp³-hybridized carbons (Fsp3) is 0.733. The van der Waals surface area contributed by atoms with Crippen molar-refractivity contribution < 1.29 is 4.79 Å². The van der Waals surface area contributed by atoms with Gasteiger partial charge < -0.3 is 10.6 Å². The zero-order valence-electron chi connectivity index (χ0n) is 14.2. The lowest BCUT2D eigenvalue weighted by atomic mass is 9.98. The zero-order chi connectivity index (χ0) is 15.6. The number of carbonyl (C=O) groups excluding carboxylic acids is 1. The number of hydrogen-bond acceptors (Lipinski definition) is 5. The Hall–Kier alpha value is -0.400. The van der Waals surface area contributed by atoms with E-state index in [1.165, 1.54) is 5.01 Å². The van der Waals surface area contributed by atoms with Gasteiger partial charge in [-0.2, -0.15) is 0 Å². The maximum Gasteiger partial charge on any atom is 0.239 e. The molecule has 1 amide bonds. The maximum atomic E-state index is 11.8. The first kappa shape index (κ1) is 22.6. The van der Waals surface area contributed by atoms with E-state index >= 15 is 0 Å². The molecule has 2 heterocycles. The van der Waals surface area contributed by atoms with Gasteiger partial charge in [-0.1, -0.05) is 20.8 Å². The highest BCUT2D eigenvalue weighted by molar-refractivity contribution is 7.09. The van der Waals surface area contributed by atoms with E-state index in [1.54, 1.807) is 18.3 Å². The molecule has 1 atom stereocenters. The number of rotatable bonds is 3. The summed E-state index contributed by atoms with van der Waals surface area (Å²) in [5, 5.41) is 3.34. The summed E-state index contributed by atoms with van der Waals surface area (Å²) in [4.78, 5) is 20.8. The topological polar surface area (TPSA) is 62.5 Å². The van der Waals surface area contributed by atoms with Crippen LogP contribution in [0.15, 0.2) is 5.38 Å². The van der Waals surface area contributed by atoms with Crippen molar-refractivity contribution in [1.29, 1.82) is 0 Å². The second-order valence-corrected chi connectivity index (χ2v) is 7.64. The molecule has 23 heavy (non-hydrogen) atoms. The highest BCUT2D eigenvalue weighted by Gasteiger charge is 2.24. The molecule has 1 aromatic heterocycles. The summed E-state index contributed by atoms with van der Waals surface area (Å²) in [6.45, 7) is 12.5. The third-order valence-corrected chi connectivity index (χ3v) is 4.97. The van der Waals surface area contributed by atoms with Crippen molar-refractivity contribution in [3.8, 4) is 0 Å². The average Bonchev–Trinajstić information content (AvgIpc) is 2.87. The number of aromatic nitrogens is 1. The molecule has 1 saturated heterocycles. The molecule has 8 heteroatoms. The van der Waals surface area contributed by atoms with E-state index < -0.39 is 6.04 Å². The van der Waals surface area contributed by atoms with Gasteiger partial charge in [0.1, 0.15) is 0 Å². The number of piperazine rings is 1. The van der Waals surface area contributed by atoms with Crippen molar-refractivity contribution in [2.24, 2.45) is 5.73 Å². The van der Waals surface area contributed by atoms with Crippen LogP contribution in [0.5, 0.6) is 0 Å². The third kappa shape index (κ3) is 6.19. The molecule has 1 fully saturated rings. The zero-order valence-corrected chi connectivity index (χ0v) is 16.7. The van der Waals surface area contributed by atoms with E-state index in [4.69, 9.17) is 10.7 Å². The summed E-state index contributed by atoms with van der Waals surface area (Å²) in [6.07, 6.45) is 0. The number of nitrogens with zero attached hydrogens (tertiary/aromatic N) is 3. The number of hydrogen-bond donors (Lipinski definition) is 1. The molecule has 0 radical (unpaired) electrons. The van der Waals surface area contributed by atoms with Crippen LogP contribution in [0.25, 0.3) is 0 Å². The third-order valence-electron chi connectivity index (χ3n) is 3.65. The number of halogens is 2. The minimum atomic E-state index is -0.399. The van der Waals surface area contributed by atoms with Crippen molar-refractivity contribution in [2.45, 2.75) is 45.7 Å². The highest BCUT2D eigenvalue weighted by Crippen LogP contribution is 2.26. The van der Waals surface area contributed by atoms with Crippen LogP contribution in [0.4, 0.5) is 0 Å². The van der Waals surface area contributed by atoms with Gasteiger partial charge in [-0.3, -0.25) is 9.69 Å². The van der Waals surface area contributed by atoms with Crippen LogP contribution < -0.4 is 5.73 Å². The predicted octanol–water partition coefficient (Wildman–Crippen LogP) is 2.28.